The Hall–Kier alpha value is -1.89. The van der Waals surface area contributed by atoms with Crippen molar-refractivity contribution in [2.24, 2.45) is 0 Å². The highest BCUT2D eigenvalue weighted by Gasteiger charge is 2.20. The van der Waals surface area contributed by atoms with Crippen molar-refractivity contribution in [1.82, 2.24) is 10.2 Å². The van der Waals surface area contributed by atoms with Gasteiger partial charge in [0.2, 0.25) is 5.91 Å². The number of nitrogens with zero attached hydrogens (tertiary/aromatic N) is 1. The van der Waals surface area contributed by atoms with Crippen molar-refractivity contribution in [2.45, 2.75) is 32.7 Å². The standard InChI is InChI=1S/C14H20N2O4S/c1-3-16(10(2)8-13(18)19)12(17)4-6-15-14(20)11-5-7-21-9-11/h5,7,9-10H,3-4,6,8H2,1-2H3,(H,15,20)(H,18,19). The minimum absolute atomic E-state index is 0.0825. The van der Waals surface area contributed by atoms with Crippen LogP contribution in [0.5, 0.6) is 0 Å². The lowest BCUT2D eigenvalue weighted by atomic mass is 10.2. The first kappa shape index (κ1) is 17.2. The van der Waals surface area contributed by atoms with Crippen LogP contribution in [0, 0.1) is 0 Å². The van der Waals surface area contributed by atoms with Gasteiger partial charge in [-0.25, -0.2) is 0 Å². The number of hydrogen-bond acceptors (Lipinski definition) is 4. The SMILES string of the molecule is CCN(C(=O)CCNC(=O)c1ccsc1)C(C)CC(=O)O. The first-order chi connectivity index (χ1) is 9.95. The normalized spacial score (nSPS) is 11.7. The summed E-state index contributed by atoms with van der Waals surface area (Å²) in [7, 11) is 0. The van der Waals surface area contributed by atoms with E-state index < -0.39 is 5.97 Å². The lowest BCUT2D eigenvalue weighted by molar-refractivity contribution is -0.140. The zero-order valence-corrected chi connectivity index (χ0v) is 13.0. The van der Waals surface area contributed by atoms with E-state index in [0.717, 1.165) is 0 Å². The maximum Gasteiger partial charge on any atom is 0.305 e. The van der Waals surface area contributed by atoms with Crippen molar-refractivity contribution in [1.29, 1.82) is 0 Å². The molecule has 0 aliphatic heterocycles. The summed E-state index contributed by atoms with van der Waals surface area (Å²) < 4.78 is 0. The molecular formula is C14H20N2O4S. The van der Waals surface area contributed by atoms with Gasteiger partial charge >= 0.3 is 5.97 Å². The predicted octanol–water partition coefficient (Wildman–Crippen LogP) is 1.58. The fourth-order valence-electron chi connectivity index (χ4n) is 2.02. The molecule has 0 spiro atoms. The summed E-state index contributed by atoms with van der Waals surface area (Å²) in [6.45, 7) is 4.20. The van der Waals surface area contributed by atoms with Crippen molar-refractivity contribution in [2.75, 3.05) is 13.1 Å². The molecule has 0 saturated carbocycles. The number of carboxylic acids is 1. The van der Waals surface area contributed by atoms with Gasteiger partial charge in [-0.1, -0.05) is 0 Å². The van der Waals surface area contributed by atoms with Gasteiger partial charge in [0.25, 0.3) is 5.91 Å². The van der Waals surface area contributed by atoms with Gasteiger partial charge in [-0.3, -0.25) is 14.4 Å². The lowest BCUT2D eigenvalue weighted by Gasteiger charge is -2.27. The summed E-state index contributed by atoms with van der Waals surface area (Å²) in [6.07, 6.45) is 0.0779. The molecule has 0 fully saturated rings. The topological polar surface area (TPSA) is 86.7 Å². The molecule has 0 bridgehead atoms. The van der Waals surface area contributed by atoms with E-state index in [2.05, 4.69) is 5.32 Å². The minimum atomic E-state index is -0.931. The largest absolute Gasteiger partial charge is 0.481 e. The first-order valence-electron chi connectivity index (χ1n) is 6.77. The van der Waals surface area contributed by atoms with Crippen molar-refractivity contribution in [3.05, 3.63) is 22.4 Å². The van der Waals surface area contributed by atoms with Crippen molar-refractivity contribution >= 4 is 29.1 Å². The summed E-state index contributed by atoms with van der Waals surface area (Å²) in [5.41, 5.74) is 0.582. The monoisotopic (exact) mass is 312 g/mol. The van der Waals surface area contributed by atoms with Crippen molar-refractivity contribution < 1.29 is 19.5 Å². The number of rotatable bonds is 8. The third-order valence-corrected chi connectivity index (χ3v) is 3.75. The van der Waals surface area contributed by atoms with Gasteiger partial charge < -0.3 is 15.3 Å². The van der Waals surface area contributed by atoms with Gasteiger partial charge in [-0.15, -0.1) is 0 Å². The Labute approximate surface area is 127 Å². The first-order valence-corrected chi connectivity index (χ1v) is 7.71. The molecule has 0 aliphatic carbocycles. The molecule has 0 aliphatic rings. The second-order valence-corrected chi connectivity index (χ2v) is 5.42. The van der Waals surface area contributed by atoms with Gasteiger partial charge in [0.15, 0.2) is 0 Å². The van der Waals surface area contributed by atoms with E-state index in [1.54, 1.807) is 25.3 Å². The summed E-state index contributed by atoms with van der Waals surface area (Å²) in [4.78, 5) is 36.0. The molecule has 0 radical (unpaired) electrons. The Balaban J connectivity index is 2.40. The lowest BCUT2D eigenvalue weighted by Crippen LogP contribution is -2.41. The molecule has 1 heterocycles. The third-order valence-electron chi connectivity index (χ3n) is 3.07. The van der Waals surface area contributed by atoms with E-state index in [4.69, 9.17) is 5.11 Å². The molecule has 1 aromatic rings. The Morgan fingerprint density at radius 1 is 1.43 bits per heavy atom. The number of aliphatic carboxylic acids is 1. The Morgan fingerprint density at radius 3 is 2.67 bits per heavy atom. The molecule has 7 heteroatoms. The second kappa shape index (κ2) is 8.41. The van der Waals surface area contributed by atoms with E-state index in [1.807, 2.05) is 5.38 Å². The highest BCUT2D eigenvalue weighted by molar-refractivity contribution is 7.08. The third kappa shape index (κ3) is 5.55. The average Bonchev–Trinajstić information content (AvgIpc) is 2.92. The Morgan fingerprint density at radius 2 is 2.14 bits per heavy atom. The molecule has 6 nitrogen and oxygen atoms in total. The van der Waals surface area contributed by atoms with E-state index >= 15 is 0 Å². The molecule has 1 atom stereocenters. The van der Waals surface area contributed by atoms with E-state index in [0.29, 0.717) is 12.1 Å². The zero-order valence-electron chi connectivity index (χ0n) is 12.2. The van der Waals surface area contributed by atoms with E-state index in [-0.39, 0.29) is 37.2 Å². The molecule has 1 unspecified atom stereocenters. The highest BCUT2D eigenvalue weighted by atomic mass is 32.1. The van der Waals surface area contributed by atoms with Gasteiger partial charge in [-0.05, 0) is 25.3 Å². The summed E-state index contributed by atoms with van der Waals surface area (Å²) in [5.74, 6) is -1.29. The van der Waals surface area contributed by atoms with Crippen molar-refractivity contribution in [3.8, 4) is 0 Å². The molecular weight excluding hydrogens is 292 g/mol. The summed E-state index contributed by atoms with van der Waals surface area (Å²) in [5, 5.41) is 15.0. The molecule has 2 amide bonds. The number of carbonyl (C=O) groups excluding carboxylic acids is 2. The predicted molar refractivity (Wildman–Crippen MR) is 80.4 cm³/mol. The number of nitrogens with one attached hydrogen (secondary N) is 1. The van der Waals surface area contributed by atoms with Crippen LogP contribution in [-0.4, -0.2) is 46.9 Å². The van der Waals surface area contributed by atoms with Crippen LogP contribution in [0.2, 0.25) is 0 Å². The number of carbonyl (C=O) groups is 3. The second-order valence-electron chi connectivity index (χ2n) is 4.64. The molecule has 116 valence electrons. The Bertz CT molecular complexity index is 487. The molecule has 1 aromatic heterocycles. The van der Waals surface area contributed by atoms with Crippen LogP contribution >= 0.6 is 11.3 Å². The van der Waals surface area contributed by atoms with Crippen LogP contribution in [-0.2, 0) is 9.59 Å². The molecule has 0 aromatic carbocycles. The maximum absolute atomic E-state index is 12.0. The zero-order chi connectivity index (χ0) is 15.8. The van der Waals surface area contributed by atoms with Gasteiger partial charge in [-0.2, -0.15) is 11.3 Å². The average molecular weight is 312 g/mol. The van der Waals surface area contributed by atoms with E-state index in [1.165, 1.54) is 16.2 Å². The van der Waals surface area contributed by atoms with Crippen LogP contribution in [0.3, 0.4) is 0 Å². The molecule has 0 saturated heterocycles. The van der Waals surface area contributed by atoms with Crippen LogP contribution in [0.4, 0.5) is 0 Å². The van der Waals surface area contributed by atoms with Crippen LogP contribution < -0.4 is 5.32 Å². The van der Waals surface area contributed by atoms with Crippen LogP contribution in [0.15, 0.2) is 16.8 Å². The maximum atomic E-state index is 12.0. The number of amides is 2. The van der Waals surface area contributed by atoms with Gasteiger partial charge in [0, 0.05) is 36.5 Å². The summed E-state index contributed by atoms with van der Waals surface area (Å²) >= 11 is 1.43. The van der Waals surface area contributed by atoms with E-state index in [9.17, 15) is 14.4 Å². The fraction of sp³-hybridized carbons (Fsp3) is 0.500. The summed E-state index contributed by atoms with van der Waals surface area (Å²) in [6, 6.07) is 1.36. The van der Waals surface area contributed by atoms with Crippen LogP contribution in [0.1, 0.15) is 37.0 Å². The molecule has 21 heavy (non-hydrogen) atoms. The number of carboxylic acid groups (broad SMARTS) is 1. The van der Waals surface area contributed by atoms with Gasteiger partial charge in [0.05, 0.1) is 6.42 Å². The Kier molecular flexibility index (Phi) is 6.87. The van der Waals surface area contributed by atoms with Gasteiger partial charge in [0.1, 0.15) is 0 Å². The fourth-order valence-corrected chi connectivity index (χ4v) is 2.65. The minimum Gasteiger partial charge on any atom is -0.481 e. The highest BCUT2D eigenvalue weighted by Crippen LogP contribution is 2.07. The van der Waals surface area contributed by atoms with Crippen LogP contribution in [0.25, 0.3) is 0 Å². The van der Waals surface area contributed by atoms with Crippen molar-refractivity contribution in [3.63, 3.8) is 0 Å². The molecule has 2 N–H and O–H groups in total. The molecule has 1 rings (SSSR count). The number of hydrogen-bond donors (Lipinski definition) is 2. The number of thiophene rings is 1. The quantitative estimate of drug-likeness (QED) is 0.763. The smallest absolute Gasteiger partial charge is 0.305 e.